The second-order valence-corrected chi connectivity index (χ2v) is 9.56. The largest absolute Gasteiger partial charge is 0.485 e. The van der Waals surface area contributed by atoms with Gasteiger partial charge in [0.2, 0.25) is 0 Å². The Hall–Kier alpha value is -2.19. The molecule has 0 bridgehead atoms. The van der Waals surface area contributed by atoms with Crippen molar-refractivity contribution in [2.45, 2.75) is 44.3 Å². The molecule has 2 heterocycles. The van der Waals surface area contributed by atoms with Gasteiger partial charge in [0.1, 0.15) is 34.3 Å². The van der Waals surface area contributed by atoms with Crippen molar-refractivity contribution in [2.24, 2.45) is 0 Å². The molecule has 2 atom stereocenters. The molecule has 2 aromatic heterocycles. The predicted molar refractivity (Wildman–Crippen MR) is 150 cm³/mol. The van der Waals surface area contributed by atoms with E-state index in [1.54, 1.807) is 6.07 Å². The van der Waals surface area contributed by atoms with Gasteiger partial charge in [-0.05, 0) is 58.5 Å². The Morgan fingerprint density at radius 1 is 1.25 bits per heavy atom. The average molecular weight is 557 g/mol. The zero-order valence-electron chi connectivity index (χ0n) is 20.3. The number of nitrogens with one attached hydrogen (secondary N) is 2. The summed E-state index contributed by atoms with van der Waals surface area (Å²) in [5.74, 6) is -0.0364. The van der Waals surface area contributed by atoms with Crippen LogP contribution in [-0.4, -0.2) is 70.3 Å². The Bertz CT molecular complexity index is 1150. The van der Waals surface area contributed by atoms with Gasteiger partial charge in [-0.1, -0.05) is 17.8 Å². The SMILES string of the molecule is CN(C)CCCNC(=O)c1nc2c(Nc3ccc(F)cc3O[C@H]3CCCC[C@@H]3O)ncnc2s1.S.S. The molecular weight excluding hydrogens is 523 g/mol. The van der Waals surface area contributed by atoms with Crippen molar-refractivity contribution in [3.8, 4) is 5.75 Å². The molecule has 3 N–H and O–H groups in total. The number of hydrogen-bond acceptors (Lipinski definition) is 9. The lowest BCUT2D eigenvalue weighted by Crippen LogP contribution is -2.34. The second-order valence-electron chi connectivity index (χ2n) is 8.58. The number of carbonyl (C=O) groups excluding carboxylic acids is 1. The lowest BCUT2D eigenvalue weighted by molar-refractivity contribution is 0.00712. The number of aliphatic hydroxyl groups excluding tert-OH is 1. The highest BCUT2D eigenvalue weighted by molar-refractivity contribution is 7.59. The van der Waals surface area contributed by atoms with Crippen LogP contribution in [0.25, 0.3) is 10.3 Å². The first-order valence-corrected chi connectivity index (χ1v) is 12.2. The van der Waals surface area contributed by atoms with Gasteiger partial charge in [0.05, 0.1) is 11.8 Å². The first-order chi connectivity index (χ1) is 16.4. The molecule has 1 saturated carbocycles. The number of hydrogen-bond donors (Lipinski definition) is 3. The third-order valence-corrected chi connectivity index (χ3v) is 6.56. The lowest BCUT2D eigenvalue weighted by atomic mass is 9.95. The van der Waals surface area contributed by atoms with Crippen molar-refractivity contribution in [3.63, 3.8) is 0 Å². The molecule has 1 fully saturated rings. The number of aromatic nitrogens is 3. The number of fused-ring (bicyclic) bond motifs is 1. The Morgan fingerprint density at radius 2 is 2.03 bits per heavy atom. The van der Waals surface area contributed by atoms with Crippen LogP contribution < -0.4 is 15.4 Å². The number of ether oxygens (including phenoxy) is 1. The third kappa shape index (κ3) is 7.65. The predicted octanol–water partition coefficient (Wildman–Crippen LogP) is 3.56. The minimum absolute atomic E-state index is 0. The first kappa shape index (κ1) is 30.0. The summed E-state index contributed by atoms with van der Waals surface area (Å²) in [5.41, 5.74) is 0.931. The van der Waals surface area contributed by atoms with E-state index in [1.807, 2.05) is 14.1 Å². The van der Waals surface area contributed by atoms with Gasteiger partial charge in [0.25, 0.3) is 5.91 Å². The maximum absolute atomic E-state index is 14.0. The van der Waals surface area contributed by atoms with E-state index in [-0.39, 0.29) is 38.6 Å². The fourth-order valence-corrected chi connectivity index (χ4v) is 4.64. The minimum atomic E-state index is -0.590. The van der Waals surface area contributed by atoms with Crippen molar-refractivity contribution in [3.05, 3.63) is 35.4 Å². The van der Waals surface area contributed by atoms with Crippen LogP contribution in [0, 0.1) is 5.82 Å². The molecule has 0 unspecified atom stereocenters. The maximum Gasteiger partial charge on any atom is 0.280 e. The summed E-state index contributed by atoms with van der Waals surface area (Å²) in [5, 5.41) is 16.6. The van der Waals surface area contributed by atoms with Crippen LogP contribution in [0.2, 0.25) is 0 Å². The van der Waals surface area contributed by atoms with Crippen LogP contribution in [-0.2, 0) is 0 Å². The van der Waals surface area contributed by atoms with E-state index in [0.717, 1.165) is 25.8 Å². The molecule has 13 heteroatoms. The standard InChI is InChI=1S/C23H29FN6O3S.2H2S/c1-30(2)11-5-10-25-21(32)23-29-19-20(26-13-27-22(19)34-23)28-15-9-8-14(24)12-18(15)33-17-7-4-3-6-16(17)31;;/h8-9,12-13,16-17,31H,3-7,10-11H2,1-2H3,(H,25,32)(H,26,27,28);2*1H2/t16-,17-;;/m0../s1. The van der Waals surface area contributed by atoms with Gasteiger partial charge in [-0.3, -0.25) is 4.79 Å². The summed E-state index contributed by atoms with van der Waals surface area (Å²) < 4.78 is 20.0. The van der Waals surface area contributed by atoms with Crippen LogP contribution in [0.15, 0.2) is 24.5 Å². The smallest absolute Gasteiger partial charge is 0.280 e. The number of nitrogens with zero attached hydrogens (tertiary/aromatic N) is 4. The van der Waals surface area contributed by atoms with E-state index in [9.17, 15) is 14.3 Å². The molecule has 0 spiro atoms. The van der Waals surface area contributed by atoms with Gasteiger partial charge in [0, 0.05) is 12.6 Å². The van der Waals surface area contributed by atoms with Gasteiger partial charge < -0.3 is 25.4 Å². The molecule has 3 aromatic rings. The molecule has 0 radical (unpaired) electrons. The molecule has 36 heavy (non-hydrogen) atoms. The topological polar surface area (TPSA) is 113 Å². The van der Waals surface area contributed by atoms with Gasteiger partial charge in [-0.15, -0.1) is 0 Å². The van der Waals surface area contributed by atoms with Crippen LogP contribution in [0.5, 0.6) is 5.75 Å². The summed E-state index contributed by atoms with van der Waals surface area (Å²) in [6.07, 6.45) is 4.49. The molecule has 4 rings (SSSR count). The molecule has 1 aliphatic carbocycles. The number of amides is 1. The molecule has 0 aliphatic heterocycles. The number of anilines is 2. The van der Waals surface area contributed by atoms with E-state index in [1.165, 1.54) is 29.8 Å². The third-order valence-electron chi connectivity index (χ3n) is 5.60. The van der Waals surface area contributed by atoms with E-state index >= 15 is 0 Å². The summed E-state index contributed by atoms with van der Waals surface area (Å²) in [7, 11) is 3.97. The average Bonchev–Trinajstić information content (AvgIpc) is 3.25. The number of halogens is 1. The molecular formula is C23H33FN6O3S3. The van der Waals surface area contributed by atoms with Crippen molar-refractivity contribution < 1.29 is 19.0 Å². The molecule has 1 amide bonds. The summed E-state index contributed by atoms with van der Waals surface area (Å²) in [6, 6.07) is 4.16. The van der Waals surface area contributed by atoms with Crippen LogP contribution in [0.4, 0.5) is 15.9 Å². The van der Waals surface area contributed by atoms with Crippen molar-refractivity contribution in [1.82, 2.24) is 25.2 Å². The Kier molecular flexibility index (Phi) is 11.6. The maximum atomic E-state index is 14.0. The van der Waals surface area contributed by atoms with Gasteiger partial charge in [-0.25, -0.2) is 19.3 Å². The lowest BCUT2D eigenvalue weighted by Gasteiger charge is -2.29. The fraction of sp³-hybridized carbons (Fsp3) is 0.478. The van der Waals surface area contributed by atoms with E-state index in [2.05, 4.69) is 30.5 Å². The zero-order chi connectivity index (χ0) is 24.1. The molecule has 9 nitrogen and oxygen atoms in total. The number of rotatable bonds is 9. The number of benzene rings is 1. The van der Waals surface area contributed by atoms with Gasteiger partial charge in [-0.2, -0.15) is 27.0 Å². The Balaban J connectivity index is 0.00000228. The minimum Gasteiger partial charge on any atom is -0.485 e. The molecule has 0 saturated heterocycles. The second kappa shape index (κ2) is 13.9. The van der Waals surface area contributed by atoms with E-state index in [0.29, 0.717) is 46.2 Å². The van der Waals surface area contributed by atoms with Crippen molar-refractivity contribution in [1.29, 1.82) is 0 Å². The highest BCUT2D eigenvalue weighted by Gasteiger charge is 2.26. The molecule has 1 aromatic carbocycles. The molecule has 1 aliphatic rings. The monoisotopic (exact) mass is 556 g/mol. The Morgan fingerprint density at radius 3 is 2.78 bits per heavy atom. The van der Waals surface area contributed by atoms with Crippen LogP contribution >= 0.6 is 38.3 Å². The van der Waals surface area contributed by atoms with E-state index < -0.39 is 18.0 Å². The van der Waals surface area contributed by atoms with Crippen molar-refractivity contribution >= 4 is 66.1 Å². The van der Waals surface area contributed by atoms with Crippen LogP contribution in [0.3, 0.4) is 0 Å². The number of thiazole rings is 1. The van der Waals surface area contributed by atoms with Crippen molar-refractivity contribution in [2.75, 3.05) is 32.5 Å². The van der Waals surface area contributed by atoms with E-state index in [4.69, 9.17) is 4.74 Å². The number of aliphatic hydroxyl groups is 1. The quantitative estimate of drug-likeness (QED) is 0.343. The van der Waals surface area contributed by atoms with Gasteiger partial charge >= 0.3 is 0 Å². The highest BCUT2D eigenvalue weighted by Crippen LogP contribution is 2.34. The molecule has 198 valence electrons. The summed E-state index contributed by atoms with van der Waals surface area (Å²) in [6.45, 7) is 1.42. The van der Waals surface area contributed by atoms with Gasteiger partial charge in [0.15, 0.2) is 10.8 Å². The van der Waals surface area contributed by atoms with Crippen LogP contribution in [0.1, 0.15) is 41.9 Å². The normalized spacial score (nSPS) is 17.2. The Labute approximate surface area is 227 Å². The highest BCUT2D eigenvalue weighted by atomic mass is 32.1. The first-order valence-electron chi connectivity index (χ1n) is 11.4. The zero-order valence-corrected chi connectivity index (χ0v) is 23.1. The number of carbonyl (C=O) groups is 1. The summed E-state index contributed by atoms with van der Waals surface area (Å²) in [4.78, 5) is 28.1. The fourth-order valence-electron chi connectivity index (χ4n) is 3.82. The summed E-state index contributed by atoms with van der Waals surface area (Å²) >= 11 is 1.18.